The van der Waals surface area contributed by atoms with Crippen LogP contribution in [-0.2, 0) is 11.3 Å². The van der Waals surface area contributed by atoms with Crippen molar-refractivity contribution in [3.8, 4) is 11.3 Å². The first-order valence-corrected chi connectivity index (χ1v) is 6.49. The van der Waals surface area contributed by atoms with Gasteiger partial charge in [-0.2, -0.15) is 0 Å². The van der Waals surface area contributed by atoms with Crippen LogP contribution in [0.1, 0.15) is 11.5 Å². The highest BCUT2D eigenvalue weighted by Gasteiger charge is 2.09. The van der Waals surface area contributed by atoms with Gasteiger partial charge in [0.05, 0.1) is 24.4 Å². The minimum absolute atomic E-state index is 0.576. The number of hydrogen-bond acceptors (Lipinski definition) is 4. The quantitative estimate of drug-likeness (QED) is 0.826. The molecule has 0 saturated heterocycles. The van der Waals surface area contributed by atoms with Crippen LogP contribution in [0.5, 0.6) is 0 Å². The maximum absolute atomic E-state index is 6.20. The number of nitrogens with one attached hydrogen (secondary N) is 1. The summed E-state index contributed by atoms with van der Waals surface area (Å²) in [7, 11) is 1.67. The minimum atomic E-state index is 0.576. The Labute approximate surface area is 117 Å². The largest absolute Gasteiger partial charge is 0.439 e. The highest BCUT2D eigenvalue weighted by Crippen LogP contribution is 2.29. The van der Waals surface area contributed by atoms with Gasteiger partial charge in [0.25, 0.3) is 0 Å². The zero-order valence-corrected chi connectivity index (χ0v) is 11.8. The van der Waals surface area contributed by atoms with E-state index in [-0.39, 0.29) is 0 Å². The molecule has 1 N–H and O–H groups in total. The number of halogens is 1. The number of hydrogen-bond donors (Lipinski definition) is 1. The zero-order valence-electron chi connectivity index (χ0n) is 11.1. The lowest BCUT2D eigenvalue weighted by atomic mass is 10.1. The van der Waals surface area contributed by atoms with Crippen molar-refractivity contribution in [3.63, 3.8) is 0 Å². The Morgan fingerprint density at radius 3 is 3.00 bits per heavy atom. The molecule has 5 heteroatoms. The molecule has 4 nitrogen and oxygen atoms in total. The second-order valence-electron chi connectivity index (χ2n) is 4.27. The molecule has 0 fully saturated rings. The van der Waals surface area contributed by atoms with Crippen LogP contribution in [0.25, 0.3) is 11.3 Å². The SMILES string of the molecule is COCCNCc1ncc(-c2ccc(C)cc2Cl)o1. The van der Waals surface area contributed by atoms with Crippen LogP contribution in [0.15, 0.2) is 28.8 Å². The molecule has 0 aliphatic heterocycles. The predicted octanol–water partition coefficient (Wildman–Crippen LogP) is 3.04. The summed E-state index contributed by atoms with van der Waals surface area (Å²) in [5.74, 6) is 1.33. The van der Waals surface area contributed by atoms with Crippen molar-refractivity contribution >= 4 is 11.6 Å². The molecule has 1 heterocycles. The Hall–Kier alpha value is -1.36. The summed E-state index contributed by atoms with van der Waals surface area (Å²) < 4.78 is 10.6. The number of methoxy groups -OCH3 is 1. The zero-order chi connectivity index (χ0) is 13.7. The number of ether oxygens (including phenoxy) is 1. The standard InChI is InChI=1S/C14H17ClN2O2/c1-10-3-4-11(12(15)7-10)13-8-17-14(19-13)9-16-5-6-18-2/h3-4,7-8,16H,5-6,9H2,1-2H3. The molecular formula is C14H17ClN2O2. The van der Waals surface area contributed by atoms with Gasteiger partial charge < -0.3 is 14.5 Å². The molecule has 0 unspecified atom stereocenters. The molecule has 1 aromatic heterocycles. The highest BCUT2D eigenvalue weighted by atomic mass is 35.5. The van der Waals surface area contributed by atoms with Gasteiger partial charge in [0, 0.05) is 19.2 Å². The van der Waals surface area contributed by atoms with Crippen LogP contribution >= 0.6 is 11.6 Å². The first-order valence-electron chi connectivity index (χ1n) is 6.11. The number of nitrogens with zero attached hydrogens (tertiary/aromatic N) is 1. The second-order valence-corrected chi connectivity index (χ2v) is 4.68. The molecule has 2 rings (SSSR count). The molecule has 0 aliphatic carbocycles. The number of rotatable bonds is 6. The van der Waals surface area contributed by atoms with Crippen LogP contribution in [0.2, 0.25) is 5.02 Å². The van der Waals surface area contributed by atoms with Crippen molar-refractivity contribution in [2.75, 3.05) is 20.3 Å². The maximum Gasteiger partial charge on any atom is 0.208 e. The summed E-state index contributed by atoms with van der Waals surface area (Å²) in [4.78, 5) is 4.23. The van der Waals surface area contributed by atoms with Gasteiger partial charge >= 0.3 is 0 Å². The van der Waals surface area contributed by atoms with Gasteiger partial charge in [-0.15, -0.1) is 0 Å². The smallest absolute Gasteiger partial charge is 0.208 e. The molecule has 0 bridgehead atoms. The van der Waals surface area contributed by atoms with Crippen LogP contribution in [-0.4, -0.2) is 25.2 Å². The topological polar surface area (TPSA) is 47.3 Å². The van der Waals surface area contributed by atoms with E-state index in [2.05, 4.69) is 10.3 Å². The molecule has 0 amide bonds. The fourth-order valence-corrected chi connectivity index (χ4v) is 2.03. The van der Waals surface area contributed by atoms with Crippen molar-refractivity contribution in [1.29, 1.82) is 0 Å². The van der Waals surface area contributed by atoms with Crippen LogP contribution in [0.3, 0.4) is 0 Å². The van der Waals surface area contributed by atoms with E-state index in [0.717, 1.165) is 17.7 Å². The normalized spacial score (nSPS) is 10.9. The van der Waals surface area contributed by atoms with Gasteiger partial charge in [-0.05, 0) is 24.6 Å². The van der Waals surface area contributed by atoms with Crippen molar-refractivity contribution in [1.82, 2.24) is 10.3 Å². The number of benzene rings is 1. The lowest BCUT2D eigenvalue weighted by Crippen LogP contribution is -2.18. The van der Waals surface area contributed by atoms with Gasteiger partial charge in [-0.1, -0.05) is 17.7 Å². The molecule has 1 aromatic carbocycles. The van der Waals surface area contributed by atoms with Crippen LogP contribution in [0, 0.1) is 6.92 Å². The molecular weight excluding hydrogens is 264 g/mol. The maximum atomic E-state index is 6.20. The number of aromatic nitrogens is 1. The van der Waals surface area contributed by atoms with Gasteiger partial charge in [0.2, 0.25) is 5.89 Å². The number of oxazole rings is 1. The monoisotopic (exact) mass is 280 g/mol. The summed E-state index contributed by atoms with van der Waals surface area (Å²) in [6.45, 7) is 4.00. The fraction of sp³-hybridized carbons (Fsp3) is 0.357. The van der Waals surface area contributed by atoms with Crippen LogP contribution in [0.4, 0.5) is 0 Å². The average Bonchev–Trinajstić information content (AvgIpc) is 2.83. The third-order valence-electron chi connectivity index (χ3n) is 2.70. The van der Waals surface area contributed by atoms with Gasteiger partial charge in [-0.3, -0.25) is 0 Å². The van der Waals surface area contributed by atoms with Crippen molar-refractivity contribution in [3.05, 3.63) is 40.9 Å². The minimum Gasteiger partial charge on any atom is -0.439 e. The highest BCUT2D eigenvalue weighted by molar-refractivity contribution is 6.33. The Balaban J connectivity index is 2.04. The molecule has 0 radical (unpaired) electrons. The average molecular weight is 281 g/mol. The molecule has 19 heavy (non-hydrogen) atoms. The van der Waals surface area contributed by atoms with Crippen LogP contribution < -0.4 is 5.32 Å². The van der Waals surface area contributed by atoms with E-state index in [4.69, 9.17) is 20.8 Å². The number of aryl methyl sites for hydroxylation is 1. The Morgan fingerprint density at radius 2 is 2.26 bits per heavy atom. The van der Waals surface area contributed by atoms with Gasteiger partial charge in [0.1, 0.15) is 0 Å². The molecule has 0 atom stereocenters. The first kappa shape index (κ1) is 14.1. The summed E-state index contributed by atoms with van der Waals surface area (Å²) in [6, 6.07) is 5.86. The Morgan fingerprint density at radius 1 is 1.42 bits per heavy atom. The molecule has 0 saturated carbocycles. The second kappa shape index (κ2) is 6.70. The third kappa shape index (κ3) is 3.80. The van der Waals surface area contributed by atoms with Crippen molar-refractivity contribution in [2.24, 2.45) is 0 Å². The fourth-order valence-electron chi connectivity index (χ4n) is 1.71. The first-order chi connectivity index (χ1) is 9.20. The molecule has 2 aromatic rings. The van der Waals surface area contributed by atoms with E-state index in [1.165, 1.54) is 0 Å². The third-order valence-corrected chi connectivity index (χ3v) is 3.02. The van der Waals surface area contributed by atoms with E-state index < -0.39 is 0 Å². The van der Waals surface area contributed by atoms with Crippen molar-refractivity contribution < 1.29 is 9.15 Å². The van der Waals surface area contributed by atoms with E-state index in [1.807, 2.05) is 25.1 Å². The lowest BCUT2D eigenvalue weighted by molar-refractivity contribution is 0.198. The summed E-state index contributed by atoms with van der Waals surface area (Å²) >= 11 is 6.20. The van der Waals surface area contributed by atoms with Gasteiger partial charge in [0.15, 0.2) is 5.76 Å². The predicted molar refractivity (Wildman–Crippen MR) is 75.3 cm³/mol. The van der Waals surface area contributed by atoms with Crippen molar-refractivity contribution in [2.45, 2.75) is 13.5 Å². The Kier molecular flexibility index (Phi) is 4.96. The summed E-state index contributed by atoms with van der Waals surface area (Å²) in [5, 5.41) is 3.85. The van der Waals surface area contributed by atoms with E-state index in [0.29, 0.717) is 29.8 Å². The van der Waals surface area contributed by atoms with Gasteiger partial charge in [-0.25, -0.2) is 4.98 Å². The molecule has 102 valence electrons. The van der Waals surface area contributed by atoms with E-state index in [9.17, 15) is 0 Å². The molecule has 0 aliphatic rings. The Bertz CT molecular complexity index is 540. The lowest BCUT2D eigenvalue weighted by Gasteiger charge is -2.02. The van der Waals surface area contributed by atoms with E-state index >= 15 is 0 Å². The van der Waals surface area contributed by atoms with E-state index in [1.54, 1.807) is 13.3 Å². The summed E-state index contributed by atoms with van der Waals surface area (Å²) in [6.07, 6.45) is 1.70. The summed E-state index contributed by atoms with van der Waals surface area (Å²) in [5.41, 5.74) is 1.98. The molecule has 0 spiro atoms.